The van der Waals surface area contributed by atoms with Gasteiger partial charge in [-0.15, -0.1) is 0 Å². The van der Waals surface area contributed by atoms with Crippen molar-refractivity contribution in [2.45, 2.75) is 283 Å². The Morgan fingerprint density at radius 3 is 1.21 bits per heavy atom. The zero-order valence-corrected chi connectivity index (χ0v) is 37.6. The molecule has 56 heavy (non-hydrogen) atoms. The second kappa shape index (κ2) is 46.3. The lowest BCUT2D eigenvalue weighted by atomic mass is 10.0. The van der Waals surface area contributed by atoms with Crippen LogP contribution < -0.4 is 5.32 Å². The first-order valence-electron chi connectivity index (χ1n) is 25.0. The van der Waals surface area contributed by atoms with E-state index in [-0.39, 0.29) is 18.5 Å². The molecule has 6 nitrogen and oxygen atoms in total. The summed E-state index contributed by atoms with van der Waals surface area (Å²) in [6.07, 6.45) is 52.1. The van der Waals surface area contributed by atoms with Gasteiger partial charge in [0.1, 0.15) is 0 Å². The number of allylic oxidation sites excluding steroid dienone is 1. The Labute approximate surface area is 349 Å². The minimum Gasteiger partial charge on any atom is -0.466 e. The molecule has 6 heteroatoms. The van der Waals surface area contributed by atoms with Crippen molar-refractivity contribution in [3.05, 3.63) is 12.2 Å². The molecule has 0 rings (SSSR count). The summed E-state index contributed by atoms with van der Waals surface area (Å²) in [7, 11) is 0. The van der Waals surface area contributed by atoms with Crippen molar-refractivity contribution in [2.75, 3.05) is 13.2 Å². The molecule has 0 aromatic heterocycles. The second-order valence-corrected chi connectivity index (χ2v) is 17.2. The van der Waals surface area contributed by atoms with E-state index in [0.717, 1.165) is 38.5 Å². The Kier molecular flexibility index (Phi) is 45.1. The average Bonchev–Trinajstić information content (AvgIpc) is 3.20. The van der Waals surface area contributed by atoms with Gasteiger partial charge in [-0.3, -0.25) is 9.59 Å². The number of nitrogens with one attached hydrogen (secondary N) is 1. The number of esters is 1. The zero-order valence-electron chi connectivity index (χ0n) is 37.6. The molecule has 332 valence electrons. The summed E-state index contributed by atoms with van der Waals surface area (Å²) in [5.41, 5.74) is 0. The zero-order chi connectivity index (χ0) is 40.8. The number of carbonyl (C=O) groups excluding carboxylic acids is 2. The van der Waals surface area contributed by atoms with Crippen molar-refractivity contribution in [2.24, 2.45) is 0 Å². The molecule has 2 atom stereocenters. The molecule has 3 N–H and O–H groups in total. The van der Waals surface area contributed by atoms with Gasteiger partial charge in [-0.2, -0.15) is 0 Å². The largest absolute Gasteiger partial charge is 0.466 e. The first-order chi connectivity index (χ1) is 27.5. The Bertz CT molecular complexity index is 832. The number of hydrogen-bond acceptors (Lipinski definition) is 5. The highest BCUT2D eigenvalue weighted by Crippen LogP contribution is 2.16. The molecule has 0 fully saturated rings. The molecule has 0 aromatic rings. The van der Waals surface area contributed by atoms with Crippen LogP contribution in [0.4, 0.5) is 0 Å². The normalized spacial score (nSPS) is 12.7. The predicted octanol–water partition coefficient (Wildman–Crippen LogP) is 14.6. The van der Waals surface area contributed by atoms with E-state index in [1.54, 1.807) is 6.08 Å². The molecule has 1 amide bonds. The van der Waals surface area contributed by atoms with Crippen molar-refractivity contribution >= 4 is 11.9 Å². The highest BCUT2D eigenvalue weighted by molar-refractivity contribution is 5.76. The summed E-state index contributed by atoms with van der Waals surface area (Å²) >= 11 is 0. The molecule has 0 aliphatic carbocycles. The van der Waals surface area contributed by atoms with E-state index in [0.29, 0.717) is 19.4 Å². The summed E-state index contributed by atoms with van der Waals surface area (Å²) in [4.78, 5) is 24.3. The standard InChI is InChI=1S/C50H97NO5/c1-3-5-7-9-11-13-23-28-32-36-40-44-50(55)56-45-41-37-33-29-25-22-20-18-16-15-17-19-21-24-27-31-35-39-43-49(54)51-47(46-52)48(53)42-38-34-30-26-14-12-10-8-6-4-2/h38,42,47-48,52-53H,3-37,39-41,43-46H2,1-2H3,(H,51,54)/b42-38+. The van der Waals surface area contributed by atoms with Crippen LogP contribution in [0.15, 0.2) is 12.2 Å². The number of ether oxygens (including phenoxy) is 1. The fraction of sp³-hybridized carbons (Fsp3) is 0.920. The molecule has 0 bridgehead atoms. The fourth-order valence-electron chi connectivity index (χ4n) is 7.69. The van der Waals surface area contributed by atoms with Gasteiger partial charge in [0.2, 0.25) is 5.91 Å². The highest BCUT2D eigenvalue weighted by Gasteiger charge is 2.18. The molecule has 0 saturated carbocycles. The van der Waals surface area contributed by atoms with Crippen LogP contribution in [0.3, 0.4) is 0 Å². The smallest absolute Gasteiger partial charge is 0.305 e. The number of aliphatic hydroxyl groups excluding tert-OH is 2. The Hall–Kier alpha value is -1.40. The third kappa shape index (κ3) is 42.2. The molecule has 0 aromatic carbocycles. The number of amides is 1. The van der Waals surface area contributed by atoms with Crippen LogP contribution >= 0.6 is 0 Å². The first kappa shape index (κ1) is 54.6. The van der Waals surface area contributed by atoms with Gasteiger partial charge in [0.15, 0.2) is 0 Å². The van der Waals surface area contributed by atoms with Crippen molar-refractivity contribution in [3.8, 4) is 0 Å². The van der Waals surface area contributed by atoms with Crippen LogP contribution in [0.25, 0.3) is 0 Å². The topological polar surface area (TPSA) is 95.9 Å². The second-order valence-electron chi connectivity index (χ2n) is 17.2. The van der Waals surface area contributed by atoms with Crippen molar-refractivity contribution < 1.29 is 24.5 Å². The molecule has 0 aliphatic rings. The summed E-state index contributed by atoms with van der Waals surface area (Å²) in [6.45, 7) is 4.87. The van der Waals surface area contributed by atoms with Crippen molar-refractivity contribution in [3.63, 3.8) is 0 Å². The van der Waals surface area contributed by atoms with Crippen LogP contribution in [0.1, 0.15) is 271 Å². The summed E-state index contributed by atoms with van der Waals surface area (Å²) in [6, 6.07) is -0.627. The quantitative estimate of drug-likeness (QED) is 0.0324. The van der Waals surface area contributed by atoms with Gasteiger partial charge in [0.25, 0.3) is 0 Å². The van der Waals surface area contributed by atoms with Gasteiger partial charge >= 0.3 is 5.97 Å². The van der Waals surface area contributed by atoms with Crippen molar-refractivity contribution in [1.82, 2.24) is 5.32 Å². The maximum Gasteiger partial charge on any atom is 0.305 e. The lowest BCUT2D eigenvalue weighted by Crippen LogP contribution is -2.45. The van der Waals surface area contributed by atoms with Crippen molar-refractivity contribution in [1.29, 1.82) is 0 Å². The van der Waals surface area contributed by atoms with E-state index in [2.05, 4.69) is 19.2 Å². The van der Waals surface area contributed by atoms with E-state index in [1.807, 2.05) is 6.08 Å². The number of unbranched alkanes of at least 4 members (excludes halogenated alkanes) is 35. The van der Waals surface area contributed by atoms with Crippen LogP contribution in [-0.2, 0) is 14.3 Å². The minimum absolute atomic E-state index is 0.00583. The molecule has 2 unspecified atom stereocenters. The molecular formula is C50H97NO5. The highest BCUT2D eigenvalue weighted by atomic mass is 16.5. The third-order valence-corrected chi connectivity index (χ3v) is 11.6. The number of rotatable bonds is 46. The number of carbonyl (C=O) groups is 2. The van der Waals surface area contributed by atoms with Gasteiger partial charge in [0.05, 0.1) is 25.4 Å². The van der Waals surface area contributed by atoms with E-state index in [4.69, 9.17) is 4.74 Å². The van der Waals surface area contributed by atoms with Crippen LogP contribution in [0.2, 0.25) is 0 Å². The third-order valence-electron chi connectivity index (χ3n) is 11.6. The van der Waals surface area contributed by atoms with Gasteiger partial charge in [0, 0.05) is 12.8 Å². The first-order valence-corrected chi connectivity index (χ1v) is 25.0. The van der Waals surface area contributed by atoms with Gasteiger partial charge < -0.3 is 20.3 Å². The number of hydrogen-bond donors (Lipinski definition) is 3. The van der Waals surface area contributed by atoms with E-state index >= 15 is 0 Å². The lowest BCUT2D eigenvalue weighted by Gasteiger charge is -2.20. The summed E-state index contributed by atoms with van der Waals surface area (Å²) in [5, 5.41) is 22.9. The van der Waals surface area contributed by atoms with Gasteiger partial charge in [-0.05, 0) is 32.1 Å². The van der Waals surface area contributed by atoms with Gasteiger partial charge in [-0.1, -0.05) is 238 Å². The molecule has 0 spiro atoms. The maximum absolute atomic E-state index is 12.4. The predicted molar refractivity (Wildman–Crippen MR) is 241 cm³/mol. The Morgan fingerprint density at radius 1 is 0.482 bits per heavy atom. The molecular weight excluding hydrogens is 695 g/mol. The molecule has 0 saturated heterocycles. The summed E-state index contributed by atoms with van der Waals surface area (Å²) in [5.74, 6) is -0.0678. The maximum atomic E-state index is 12.4. The van der Waals surface area contributed by atoms with E-state index in [1.165, 1.54) is 205 Å². The summed E-state index contributed by atoms with van der Waals surface area (Å²) < 4.78 is 5.45. The Morgan fingerprint density at radius 2 is 0.821 bits per heavy atom. The van der Waals surface area contributed by atoms with Crippen LogP contribution in [0, 0.1) is 0 Å². The van der Waals surface area contributed by atoms with Gasteiger partial charge in [-0.25, -0.2) is 0 Å². The molecule has 0 heterocycles. The van der Waals surface area contributed by atoms with Crippen LogP contribution in [-0.4, -0.2) is 47.4 Å². The monoisotopic (exact) mass is 792 g/mol. The minimum atomic E-state index is -0.844. The average molecular weight is 792 g/mol. The Balaban J connectivity index is 3.41. The van der Waals surface area contributed by atoms with E-state index in [9.17, 15) is 19.8 Å². The SMILES string of the molecule is CCCCCCCCCC/C=C/C(O)C(CO)NC(=O)CCCCCCCCCCCCCCCCCCCCOC(=O)CCCCCCCCCCCCC. The van der Waals surface area contributed by atoms with E-state index < -0.39 is 12.1 Å². The molecule has 0 radical (unpaired) electrons. The fourth-order valence-corrected chi connectivity index (χ4v) is 7.69. The lowest BCUT2D eigenvalue weighted by molar-refractivity contribution is -0.143. The van der Waals surface area contributed by atoms with Crippen LogP contribution in [0.5, 0.6) is 0 Å². The molecule has 0 aliphatic heterocycles. The number of aliphatic hydroxyl groups is 2.